The number of benzene rings is 2. The Bertz CT molecular complexity index is 1290. The summed E-state index contributed by atoms with van der Waals surface area (Å²) in [6, 6.07) is 15.6. The highest BCUT2D eigenvalue weighted by Gasteiger charge is 2.17. The third-order valence-corrected chi connectivity index (χ3v) is 5.82. The molecule has 9 heteroatoms. The third kappa shape index (κ3) is 3.49. The Hall–Kier alpha value is -3.17. The number of nitrogens with zero attached hydrogens (tertiary/aromatic N) is 2. The molecule has 0 amide bonds. The number of aromatic nitrogens is 2. The van der Waals surface area contributed by atoms with E-state index in [0.29, 0.717) is 23.4 Å². The topological polar surface area (TPSA) is 107 Å². The van der Waals surface area contributed by atoms with Gasteiger partial charge in [0.1, 0.15) is 0 Å². The molecule has 0 atom stereocenters. The zero-order valence-corrected chi connectivity index (χ0v) is 15.8. The minimum absolute atomic E-state index is 0.0273. The Balaban J connectivity index is 1.44. The summed E-state index contributed by atoms with van der Waals surface area (Å²) in [6.45, 7) is 0.153. The van der Waals surface area contributed by atoms with Crippen molar-refractivity contribution in [3.63, 3.8) is 0 Å². The molecule has 0 aliphatic heterocycles. The highest BCUT2D eigenvalue weighted by molar-refractivity contribution is 7.89. The van der Waals surface area contributed by atoms with Gasteiger partial charge in [-0.1, -0.05) is 35.5 Å². The summed E-state index contributed by atoms with van der Waals surface area (Å²) in [4.78, 5) is 11.6. The summed E-state index contributed by atoms with van der Waals surface area (Å²) >= 11 is 0. The largest absolute Gasteiger partial charge is 0.419 e. The van der Waals surface area contributed by atoms with E-state index >= 15 is 0 Å². The summed E-state index contributed by atoms with van der Waals surface area (Å²) in [6.07, 6.45) is 0.373. The lowest BCUT2D eigenvalue weighted by Crippen LogP contribution is -2.26. The van der Waals surface area contributed by atoms with E-state index in [1.165, 1.54) is 16.7 Å². The lowest BCUT2D eigenvalue weighted by molar-refractivity contribution is 0.423. The van der Waals surface area contributed by atoms with Gasteiger partial charge in [0.15, 0.2) is 11.3 Å². The molecule has 4 aromatic rings. The summed E-state index contributed by atoms with van der Waals surface area (Å²) < 4.78 is 39.2. The van der Waals surface area contributed by atoms with Crippen LogP contribution in [0.25, 0.3) is 22.4 Å². The summed E-state index contributed by atoms with van der Waals surface area (Å²) in [5.74, 6) is 0.0841. The fourth-order valence-electron chi connectivity index (χ4n) is 2.85. The molecule has 0 aliphatic carbocycles. The zero-order valence-electron chi connectivity index (χ0n) is 15.0. The molecule has 0 radical (unpaired) electrons. The van der Waals surface area contributed by atoms with Crippen molar-refractivity contribution in [1.29, 1.82) is 0 Å². The van der Waals surface area contributed by atoms with Crippen LogP contribution in [0.3, 0.4) is 0 Å². The Morgan fingerprint density at radius 3 is 2.68 bits per heavy atom. The second-order valence-electron chi connectivity index (χ2n) is 6.25. The van der Waals surface area contributed by atoms with Crippen LogP contribution in [0.4, 0.5) is 0 Å². The molecule has 0 saturated carbocycles. The lowest BCUT2D eigenvalue weighted by atomic mass is 10.1. The first kappa shape index (κ1) is 18.2. The van der Waals surface area contributed by atoms with E-state index in [-0.39, 0.29) is 17.0 Å². The van der Waals surface area contributed by atoms with Crippen LogP contribution in [0.5, 0.6) is 0 Å². The molecule has 0 bridgehead atoms. The molecule has 0 aliphatic rings. The molecule has 0 spiro atoms. The van der Waals surface area contributed by atoms with E-state index < -0.39 is 15.8 Å². The fourth-order valence-corrected chi connectivity index (χ4v) is 3.89. The minimum atomic E-state index is -3.75. The summed E-state index contributed by atoms with van der Waals surface area (Å²) in [7, 11) is -2.19. The molecule has 4 rings (SSSR count). The van der Waals surface area contributed by atoms with Crippen molar-refractivity contribution in [2.24, 2.45) is 7.05 Å². The normalized spacial score (nSPS) is 11.9. The number of nitrogens with one attached hydrogen (secondary N) is 1. The third-order valence-electron chi connectivity index (χ3n) is 4.36. The van der Waals surface area contributed by atoms with Gasteiger partial charge < -0.3 is 8.94 Å². The van der Waals surface area contributed by atoms with E-state index in [1.807, 2.05) is 30.3 Å². The second-order valence-corrected chi connectivity index (χ2v) is 8.02. The van der Waals surface area contributed by atoms with Gasteiger partial charge in [0.2, 0.25) is 10.0 Å². The maximum absolute atomic E-state index is 12.5. The van der Waals surface area contributed by atoms with Crippen LogP contribution in [0.15, 0.2) is 73.2 Å². The number of fused-ring (bicyclic) bond motifs is 1. The maximum atomic E-state index is 12.5. The Labute approximate surface area is 160 Å². The van der Waals surface area contributed by atoms with Crippen LogP contribution in [-0.2, 0) is 23.5 Å². The van der Waals surface area contributed by atoms with Crippen molar-refractivity contribution in [1.82, 2.24) is 14.4 Å². The van der Waals surface area contributed by atoms with Crippen LogP contribution in [0.2, 0.25) is 0 Å². The first-order chi connectivity index (χ1) is 13.4. The molecular weight excluding hydrogens is 382 g/mol. The number of rotatable bonds is 6. The molecule has 2 aromatic heterocycles. The maximum Gasteiger partial charge on any atom is 0.419 e. The van der Waals surface area contributed by atoms with Crippen molar-refractivity contribution in [3.05, 3.63) is 70.8 Å². The number of oxazole rings is 1. The Morgan fingerprint density at radius 1 is 1.11 bits per heavy atom. The first-order valence-corrected chi connectivity index (χ1v) is 10.0. The van der Waals surface area contributed by atoms with Crippen molar-refractivity contribution in [2.75, 3.05) is 6.54 Å². The van der Waals surface area contributed by atoms with Crippen molar-refractivity contribution in [3.8, 4) is 11.3 Å². The van der Waals surface area contributed by atoms with Gasteiger partial charge in [-0.25, -0.2) is 17.9 Å². The highest BCUT2D eigenvalue weighted by Crippen LogP contribution is 2.20. The van der Waals surface area contributed by atoms with E-state index in [9.17, 15) is 13.2 Å². The Morgan fingerprint density at radius 2 is 1.89 bits per heavy atom. The lowest BCUT2D eigenvalue weighted by Gasteiger charge is -2.05. The molecule has 1 N–H and O–H groups in total. The van der Waals surface area contributed by atoms with Gasteiger partial charge >= 0.3 is 5.76 Å². The molecule has 0 saturated heterocycles. The minimum Gasteiger partial charge on any atom is -0.408 e. The molecule has 2 heterocycles. The smallest absolute Gasteiger partial charge is 0.408 e. The average molecular weight is 399 g/mol. The first-order valence-electron chi connectivity index (χ1n) is 8.54. The molecular formula is C19H17N3O5S. The van der Waals surface area contributed by atoms with Gasteiger partial charge in [-0.05, 0) is 12.1 Å². The fraction of sp³-hybridized carbons (Fsp3) is 0.158. The number of sulfonamides is 1. The van der Waals surface area contributed by atoms with Gasteiger partial charge in [-0.3, -0.25) is 4.57 Å². The number of aryl methyl sites for hydroxylation is 1. The summed E-state index contributed by atoms with van der Waals surface area (Å²) in [5.41, 5.74) is 2.30. The van der Waals surface area contributed by atoms with E-state index in [2.05, 4.69) is 9.88 Å². The Kier molecular flexibility index (Phi) is 4.62. The second kappa shape index (κ2) is 7.10. The quantitative estimate of drug-likeness (QED) is 0.533. The van der Waals surface area contributed by atoms with Crippen molar-refractivity contribution in [2.45, 2.75) is 11.3 Å². The standard InChI is InChI=1S/C19H17N3O5S/c1-22-16-8-7-15(12-18(16)26-19(22)23)28(24,25)20-10-9-14-11-17(27-21-14)13-5-3-2-4-6-13/h2-8,11-12,20H,9-10H2,1H3. The number of hydrogen-bond donors (Lipinski definition) is 1. The molecule has 144 valence electrons. The van der Waals surface area contributed by atoms with Crippen molar-refractivity contribution < 1.29 is 17.4 Å². The molecule has 0 fully saturated rings. The number of hydrogen-bond acceptors (Lipinski definition) is 6. The molecule has 8 nitrogen and oxygen atoms in total. The molecule has 0 unspecified atom stereocenters. The van der Waals surface area contributed by atoms with Crippen LogP contribution in [-0.4, -0.2) is 24.7 Å². The zero-order chi connectivity index (χ0) is 19.7. The van der Waals surface area contributed by atoms with E-state index in [1.54, 1.807) is 19.2 Å². The van der Waals surface area contributed by atoms with Gasteiger partial charge in [-0.2, -0.15) is 0 Å². The van der Waals surface area contributed by atoms with E-state index in [0.717, 1.165) is 5.56 Å². The van der Waals surface area contributed by atoms with Crippen LogP contribution in [0.1, 0.15) is 5.69 Å². The monoisotopic (exact) mass is 399 g/mol. The highest BCUT2D eigenvalue weighted by atomic mass is 32.2. The van der Waals surface area contributed by atoms with Gasteiger partial charge in [0, 0.05) is 37.7 Å². The SMILES string of the molecule is Cn1c(=O)oc2cc(S(=O)(=O)NCCc3cc(-c4ccccc4)on3)ccc21. The molecule has 2 aromatic carbocycles. The van der Waals surface area contributed by atoms with Gasteiger partial charge in [0.05, 0.1) is 16.1 Å². The van der Waals surface area contributed by atoms with Crippen LogP contribution in [0, 0.1) is 0 Å². The van der Waals surface area contributed by atoms with Crippen molar-refractivity contribution >= 4 is 21.1 Å². The summed E-state index contributed by atoms with van der Waals surface area (Å²) in [5, 5.41) is 3.98. The molecule has 28 heavy (non-hydrogen) atoms. The predicted molar refractivity (Wildman–Crippen MR) is 102 cm³/mol. The van der Waals surface area contributed by atoms with Gasteiger partial charge in [-0.15, -0.1) is 0 Å². The van der Waals surface area contributed by atoms with Gasteiger partial charge in [0.25, 0.3) is 0 Å². The van der Waals surface area contributed by atoms with Crippen LogP contribution < -0.4 is 10.5 Å². The van der Waals surface area contributed by atoms with E-state index in [4.69, 9.17) is 8.94 Å². The average Bonchev–Trinajstić information content (AvgIpc) is 3.27. The van der Waals surface area contributed by atoms with Crippen LogP contribution >= 0.6 is 0 Å². The predicted octanol–water partition coefficient (Wildman–Crippen LogP) is 2.31.